The number of nitrogens with two attached hydrogens (primary N) is 1. The van der Waals surface area contributed by atoms with Crippen molar-refractivity contribution in [2.45, 2.75) is 43.9 Å². The number of hydrogen-bond donors (Lipinski definition) is 1. The van der Waals surface area contributed by atoms with E-state index in [0.29, 0.717) is 24.6 Å². The molecule has 1 aromatic heterocycles. The fourth-order valence-corrected chi connectivity index (χ4v) is 5.07. The summed E-state index contributed by atoms with van der Waals surface area (Å²) in [6.07, 6.45) is 0.685. The van der Waals surface area contributed by atoms with E-state index in [1.807, 2.05) is 13.8 Å². The summed E-state index contributed by atoms with van der Waals surface area (Å²) in [6.45, 7) is 5.12. The molecular formula is C12H20N2O3S2. The summed E-state index contributed by atoms with van der Waals surface area (Å²) < 4.78 is 32.5. The summed E-state index contributed by atoms with van der Waals surface area (Å²) in [5, 5.41) is 1.67. The molecule has 0 aromatic carbocycles. The van der Waals surface area contributed by atoms with E-state index in [2.05, 4.69) is 0 Å². The molecule has 1 aliphatic heterocycles. The molecule has 19 heavy (non-hydrogen) atoms. The quantitative estimate of drug-likeness (QED) is 0.912. The van der Waals surface area contributed by atoms with Crippen molar-refractivity contribution >= 4 is 21.4 Å². The van der Waals surface area contributed by atoms with Crippen LogP contribution in [0.5, 0.6) is 0 Å². The molecule has 0 amide bonds. The third-order valence-corrected chi connectivity index (χ3v) is 6.33. The Hall–Kier alpha value is -0.470. The molecule has 1 aliphatic rings. The van der Waals surface area contributed by atoms with Gasteiger partial charge in [-0.1, -0.05) is 6.92 Å². The van der Waals surface area contributed by atoms with E-state index in [0.717, 1.165) is 11.3 Å². The first-order chi connectivity index (χ1) is 8.98. The van der Waals surface area contributed by atoms with E-state index >= 15 is 0 Å². The highest BCUT2D eigenvalue weighted by Crippen LogP contribution is 2.27. The maximum atomic E-state index is 12.7. The van der Waals surface area contributed by atoms with Gasteiger partial charge in [-0.3, -0.25) is 0 Å². The van der Waals surface area contributed by atoms with Gasteiger partial charge in [0.1, 0.15) is 0 Å². The van der Waals surface area contributed by atoms with Crippen LogP contribution in [0.4, 0.5) is 0 Å². The number of sulfonamides is 1. The van der Waals surface area contributed by atoms with E-state index in [9.17, 15) is 8.42 Å². The molecule has 2 N–H and O–H groups in total. The van der Waals surface area contributed by atoms with Crippen LogP contribution >= 0.6 is 11.3 Å². The van der Waals surface area contributed by atoms with E-state index in [4.69, 9.17) is 10.5 Å². The van der Waals surface area contributed by atoms with Crippen LogP contribution in [0.15, 0.2) is 16.3 Å². The summed E-state index contributed by atoms with van der Waals surface area (Å²) >= 11 is 1.39. The SMILES string of the molecule is CCC1COC(C)CN1S(=O)(=O)c1csc(CN)c1. The molecule has 0 radical (unpaired) electrons. The first-order valence-electron chi connectivity index (χ1n) is 6.40. The molecular weight excluding hydrogens is 284 g/mol. The van der Waals surface area contributed by atoms with Crippen molar-refractivity contribution < 1.29 is 13.2 Å². The molecule has 2 rings (SSSR count). The lowest BCUT2D eigenvalue weighted by Crippen LogP contribution is -2.51. The summed E-state index contributed by atoms with van der Waals surface area (Å²) in [5.41, 5.74) is 5.54. The van der Waals surface area contributed by atoms with E-state index < -0.39 is 10.0 Å². The van der Waals surface area contributed by atoms with Gasteiger partial charge in [0.05, 0.1) is 17.6 Å². The monoisotopic (exact) mass is 304 g/mol. The van der Waals surface area contributed by atoms with Crippen LogP contribution in [0, 0.1) is 0 Å². The molecule has 0 aliphatic carbocycles. The van der Waals surface area contributed by atoms with Crippen molar-refractivity contribution in [3.05, 3.63) is 16.3 Å². The Morgan fingerprint density at radius 1 is 1.58 bits per heavy atom. The van der Waals surface area contributed by atoms with Crippen LogP contribution in [0.3, 0.4) is 0 Å². The molecule has 0 spiro atoms. The van der Waals surface area contributed by atoms with Crippen LogP contribution < -0.4 is 5.73 Å². The average Bonchev–Trinajstić information content (AvgIpc) is 2.88. The van der Waals surface area contributed by atoms with Crippen LogP contribution in [0.2, 0.25) is 0 Å². The zero-order chi connectivity index (χ0) is 14.0. The van der Waals surface area contributed by atoms with Gasteiger partial charge in [0.25, 0.3) is 0 Å². The van der Waals surface area contributed by atoms with Gasteiger partial charge < -0.3 is 10.5 Å². The highest BCUT2D eigenvalue weighted by atomic mass is 32.2. The van der Waals surface area contributed by atoms with E-state index in [1.165, 1.54) is 11.3 Å². The minimum absolute atomic E-state index is 0.0646. The normalized spacial score (nSPS) is 25.6. The third kappa shape index (κ3) is 3.00. The minimum atomic E-state index is -3.44. The molecule has 1 aromatic rings. The Labute approximate surface area is 118 Å². The van der Waals surface area contributed by atoms with Gasteiger partial charge in [0.15, 0.2) is 0 Å². The van der Waals surface area contributed by atoms with Crippen molar-refractivity contribution in [1.29, 1.82) is 0 Å². The van der Waals surface area contributed by atoms with E-state index in [-0.39, 0.29) is 12.1 Å². The van der Waals surface area contributed by atoms with E-state index in [1.54, 1.807) is 15.8 Å². The second-order valence-corrected chi connectivity index (χ2v) is 7.62. The first-order valence-corrected chi connectivity index (χ1v) is 8.72. The van der Waals surface area contributed by atoms with Crippen LogP contribution in [-0.2, 0) is 21.3 Å². The van der Waals surface area contributed by atoms with Crippen LogP contribution in [0.1, 0.15) is 25.1 Å². The molecule has 2 atom stereocenters. The average molecular weight is 304 g/mol. The number of thiophene rings is 1. The van der Waals surface area contributed by atoms with Crippen molar-refractivity contribution in [2.24, 2.45) is 5.73 Å². The molecule has 5 nitrogen and oxygen atoms in total. The lowest BCUT2D eigenvalue weighted by molar-refractivity contribution is -0.0230. The second-order valence-electron chi connectivity index (χ2n) is 4.73. The molecule has 7 heteroatoms. The van der Waals surface area contributed by atoms with Crippen LogP contribution in [0.25, 0.3) is 0 Å². The zero-order valence-corrected chi connectivity index (χ0v) is 12.8. The number of morpholine rings is 1. The number of ether oxygens (including phenoxy) is 1. The van der Waals surface area contributed by atoms with Crippen molar-refractivity contribution in [3.8, 4) is 0 Å². The largest absolute Gasteiger partial charge is 0.375 e. The fourth-order valence-electron chi connectivity index (χ4n) is 2.17. The van der Waals surface area contributed by atoms with Crippen molar-refractivity contribution in [2.75, 3.05) is 13.2 Å². The molecule has 0 bridgehead atoms. The maximum absolute atomic E-state index is 12.7. The smallest absolute Gasteiger partial charge is 0.244 e. The van der Waals surface area contributed by atoms with Crippen LogP contribution in [-0.4, -0.2) is 38.0 Å². The minimum Gasteiger partial charge on any atom is -0.375 e. The summed E-state index contributed by atoms with van der Waals surface area (Å²) in [4.78, 5) is 1.23. The highest BCUT2D eigenvalue weighted by Gasteiger charge is 2.35. The topological polar surface area (TPSA) is 72.6 Å². The standard InChI is InChI=1S/C12H20N2O3S2/c1-3-10-7-17-9(2)6-14(10)19(15,16)12-4-11(5-13)18-8-12/h4,8-10H,3,5-7,13H2,1-2H3. The van der Waals surface area contributed by atoms with Gasteiger partial charge in [0, 0.05) is 29.4 Å². The second kappa shape index (κ2) is 5.88. The molecule has 1 fully saturated rings. The van der Waals surface area contributed by atoms with Gasteiger partial charge in [-0.2, -0.15) is 4.31 Å². The zero-order valence-electron chi connectivity index (χ0n) is 11.2. The Kier molecular flexibility index (Phi) is 4.62. The summed E-state index contributed by atoms with van der Waals surface area (Å²) in [5.74, 6) is 0. The number of hydrogen-bond acceptors (Lipinski definition) is 5. The Morgan fingerprint density at radius 2 is 2.32 bits per heavy atom. The Bertz CT molecular complexity index is 527. The predicted octanol–water partition coefficient (Wildman–Crippen LogP) is 1.39. The van der Waals surface area contributed by atoms with Crippen molar-refractivity contribution in [3.63, 3.8) is 0 Å². The summed E-state index contributed by atoms with van der Waals surface area (Å²) in [7, 11) is -3.44. The number of nitrogens with zero attached hydrogens (tertiary/aromatic N) is 1. The fraction of sp³-hybridized carbons (Fsp3) is 0.667. The molecule has 2 unspecified atom stereocenters. The van der Waals surface area contributed by atoms with Gasteiger partial charge in [-0.25, -0.2) is 8.42 Å². The Balaban J connectivity index is 2.30. The van der Waals surface area contributed by atoms with Gasteiger partial charge in [-0.15, -0.1) is 11.3 Å². The molecule has 0 saturated carbocycles. The highest BCUT2D eigenvalue weighted by molar-refractivity contribution is 7.89. The van der Waals surface area contributed by atoms with Gasteiger partial charge in [-0.05, 0) is 19.4 Å². The van der Waals surface area contributed by atoms with Gasteiger partial charge in [0.2, 0.25) is 10.0 Å². The lowest BCUT2D eigenvalue weighted by atomic mass is 10.2. The molecule has 1 saturated heterocycles. The third-order valence-electron chi connectivity index (χ3n) is 3.33. The summed E-state index contributed by atoms with van der Waals surface area (Å²) in [6, 6.07) is 1.59. The van der Waals surface area contributed by atoms with Crippen molar-refractivity contribution in [1.82, 2.24) is 4.31 Å². The maximum Gasteiger partial charge on any atom is 0.244 e. The molecule has 2 heterocycles. The number of rotatable bonds is 4. The lowest BCUT2D eigenvalue weighted by Gasteiger charge is -2.36. The first kappa shape index (κ1) is 14.9. The van der Waals surface area contributed by atoms with Gasteiger partial charge >= 0.3 is 0 Å². The predicted molar refractivity (Wildman–Crippen MR) is 75.6 cm³/mol. The molecule has 108 valence electrons. The Morgan fingerprint density at radius 3 is 2.89 bits per heavy atom.